The second-order valence-corrected chi connectivity index (χ2v) is 8.93. The molecule has 1 N–H and O–H groups in total. The summed E-state index contributed by atoms with van der Waals surface area (Å²) in [5, 5.41) is 2.84. The van der Waals surface area contributed by atoms with E-state index in [1.807, 2.05) is 0 Å². The molecule has 1 aromatic rings. The molecule has 1 aliphatic heterocycles. The van der Waals surface area contributed by atoms with E-state index in [4.69, 9.17) is 0 Å². The molecule has 5 rings (SSSR count). The van der Waals surface area contributed by atoms with Crippen molar-refractivity contribution < 1.29 is 18.8 Å². The molecular weight excluding hydrogens is 359 g/mol. The molecule has 5 nitrogen and oxygen atoms in total. The van der Waals surface area contributed by atoms with Crippen LogP contribution in [0.1, 0.15) is 44.9 Å². The Bertz CT molecular complexity index is 788. The predicted octanol–water partition coefficient (Wildman–Crippen LogP) is 3.35. The lowest BCUT2D eigenvalue weighted by Crippen LogP contribution is -2.44. The number of halogens is 1. The number of carbonyl (C=O) groups excluding carboxylic acids is 3. The highest BCUT2D eigenvalue weighted by atomic mass is 19.1. The molecule has 3 amide bonds. The summed E-state index contributed by atoms with van der Waals surface area (Å²) in [5.74, 6) is 0.267. The van der Waals surface area contributed by atoms with Gasteiger partial charge in [0.25, 0.3) is 0 Å². The summed E-state index contributed by atoms with van der Waals surface area (Å²) in [6.07, 6.45) is 5.94. The third-order valence-electron chi connectivity index (χ3n) is 7.51. The molecule has 148 valence electrons. The van der Waals surface area contributed by atoms with E-state index < -0.39 is 0 Å². The fourth-order valence-electron chi connectivity index (χ4n) is 6.17. The van der Waals surface area contributed by atoms with Crippen LogP contribution < -0.4 is 5.32 Å². The number of likely N-dealkylation sites (tertiary alicyclic amines) is 1. The van der Waals surface area contributed by atoms with Crippen LogP contribution in [0.4, 0.5) is 10.1 Å². The van der Waals surface area contributed by atoms with Crippen LogP contribution in [-0.4, -0.2) is 28.7 Å². The van der Waals surface area contributed by atoms with E-state index in [2.05, 4.69) is 5.32 Å². The van der Waals surface area contributed by atoms with E-state index >= 15 is 0 Å². The molecular formula is C22H25FN2O3. The number of nitrogens with zero attached hydrogens (tertiary/aromatic N) is 1. The van der Waals surface area contributed by atoms with Gasteiger partial charge >= 0.3 is 0 Å². The van der Waals surface area contributed by atoms with Crippen molar-refractivity contribution in [3.63, 3.8) is 0 Å². The number of nitrogens with one attached hydrogen (secondary N) is 1. The highest BCUT2D eigenvalue weighted by molar-refractivity contribution is 6.06. The predicted molar refractivity (Wildman–Crippen MR) is 100 cm³/mol. The summed E-state index contributed by atoms with van der Waals surface area (Å²) in [7, 11) is 0. The van der Waals surface area contributed by atoms with Crippen LogP contribution in [0.25, 0.3) is 0 Å². The summed E-state index contributed by atoms with van der Waals surface area (Å²) in [6, 6.07) is 5.68. The van der Waals surface area contributed by atoms with Gasteiger partial charge in [0.2, 0.25) is 17.7 Å². The molecule has 4 fully saturated rings. The van der Waals surface area contributed by atoms with Gasteiger partial charge in [0, 0.05) is 17.6 Å². The maximum Gasteiger partial charge on any atom is 0.233 e. The van der Waals surface area contributed by atoms with Crippen LogP contribution in [0.15, 0.2) is 24.3 Å². The van der Waals surface area contributed by atoms with Crippen LogP contribution in [0.3, 0.4) is 0 Å². The number of fused-ring (bicyclic) bond motifs is 5. The van der Waals surface area contributed by atoms with Crippen LogP contribution in [0.5, 0.6) is 0 Å². The molecule has 2 bridgehead atoms. The van der Waals surface area contributed by atoms with Gasteiger partial charge in [-0.15, -0.1) is 0 Å². The zero-order valence-corrected chi connectivity index (χ0v) is 15.8. The Morgan fingerprint density at radius 3 is 2.04 bits per heavy atom. The molecule has 4 aliphatic rings. The Kier molecular flexibility index (Phi) is 4.25. The fraction of sp³-hybridized carbons (Fsp3) is 0.591. The minimum Gasteiger partial charge on any atom is -0.326 e. The highest BCUT2D eigenvalue weighted by Gasteiger charge is 2.61. The second-order valence-electron chi connectivity index (χ2n) is 8.93. The maximum absolute atomic E-state index is 13.0. The molecule has 0 aromatic heterocycles. The summed E-state index contributed by atoms with van der Waals surface area (Å²) in [5.41, 5.74) is 0.585. The number of hydrogen-bond donors (Lipinski definition) is 1. The van der Waals surface area contributed by atoms with Crippen molar-refractivity contribution in [1.82, 2.24) is 4.90 Å². The average Bonchev–Trinajstić information content (AvgIpc) is 3.38. The number of anilines is 1. The van der Waals surface area contributed by atoms with E-state index in [9.17, 15) is 18.8 Å². The summed E-state index contributed by atoms with van der Waals surface area (Å²) >= 11 is 0. The molecule has 0 spiro atoms. The van der Waals surface area contributed by atoms with E-state index in [1.54, 1.807) is 17.0 Å². The third-order valence-corrected chi connectivity index (χ3v) is 7.51. The van der Waals surface area contributed by atoms with Crippen molar-refractivity contribution in [2.75, 3.05) is 5.32 Å². The number of amides is 3. The lowest BCUT2D eigenvalue weighted by Gasteiger charge is -2.33. The number of benzene rings is 1. The van der Waals surface area contributed by atoms with Crippen molar-refractivity contribution >= 4 is 23.4 Å². The molecule has 0 radical (unpaired) electrons. The molecule has 28 heavy (non-hydrogen) atoms. The first-order valence-corrected chi connectivity index (χ1v) is 10.5. The Morgan fingerprint density at radius 2 is 1.46 bits per heavy atom. The molecule has 1 heterocycles. The molecule has 1 aromatic carbocycles. The van der Waals surface area contributed by atoms with E-state index in [1.165, 1.54) is 12.1 Å². The molecule has 3 aliphatic carbocycles. The molecule has 3 saturated carbocycles. The Labute approximate surface area is 163 Å². The first-order valence-electron chi connectivity index (χ1n) is 10.5. The molecule has 0 unspecified atom stereocenters. The van der Waals surface area contributed by atoms with Crippen molar-refractivity contribution in [2.45, 2.75) is 51.0 Å². The van der Waals surface area contributed by atoms with Crippen molar-refractivity contribution in [2.24, 2.45) is 29.6 Å². The normalized spacial score (nSPS) is 36.7. The SMILES string of the molecule is O=C(Nc1ccc(F)cc1)C1CCC(N2C(=O)[C@H]3[C@@H]4CC[C@@H](C4)[C@@H]3C2=O)CC1. The topological polar surface area (TPSA) is 66.5 Å². The van der Waals surface area contributed by atoms with Crippen molar-refractivity contribution in [1.29, 1.82) is 0 Å². The monoisotopic (exact) mass is 384 g/mol. The van der Waals surface area contributed by atoms with Gasteiger partial charge < -0.3 is 5.32 Å². The quantitative estimate of drug-likeness (QED) is 0.813. The maximum atomic E-state index is 13.0. The van der Waals surface area contributed by atoms with Gasteiger partial charge in [0.1, 0.15) is 5.82 Å². The smallest absolute Gasteiger partial charge is 0.233 e. The largest absolute Gasteiger partial charge is 0.326 e. The number of carbonyl (C=O) groups is 3. The van der Waals surface area contributed by atoms with Crippen LogP contribution in [0.2, 0.25) is 0 Å². The van der Waals surface area contributed by atoms with Gasteiger partial charge in [0.15, 0.2) is 0 Å². The third kappa shape index (κ3) is 2.76. The highest BCUT2D eigenvalue weighted by Crippen LogP contribution is 2.56. The second kappa shape index (κ2) is 6.68. The Balaban J connectivity index is 1.20. The lowest BCUT2D eigenvalue weighted by atomic mass is 9.81. The van der Waals surface area contributed by atoms with Crippen LogP contribution >= 0.6 is 0 Å². The molecule has 4 atom stereocenters. The van der Waals surface area contributed by atoms with Crippen molar-refractivity contribution in [3.05, 3.63) is 30.1 Å². The number of rotatable bonds is 3. The minimum atomic E-state index is -0.336. The molecule has 6 heteroatoms. The van der Waals surface area contributed by atoms with Gasteiger partial charge in [-0.05, 0) is 81.0 Å². The van der Waals surface area contributed by atoms with E-state index in [-0.39, 0.29) is 47.3 Å². The Hall–Kier alpha value is -2.24. The van der Waals surface area contributed by atoms with Gasteiger partial charge in [-0.25, -0.2) is 4.39 Å². The Morgan fingerprint density at radius 1 is 0.893 bits per heavy atom. The minimum absolute atomic E-state index is 0.0557. The van der Waals surface area contributed by atoms with Gasteiger partial charge in [0.05, 0.1) is 11.8 Å². The zero-order chi connectivity index (χ0) is 19.4. The number of imide groups is 1. The number of hydrogen-bond acceptors (Lipinski definition) is 3. The fourth-order valence-corrected chi connectivity index (χ4v) is 6.17. The standard InChI is InChI=1S/C22H25FN2O3/c23-15-5-7-16(8-6-15)24-20(26)12-3-9-17(10-4-12)25-21(27)18-13-1-2-14(11-13)19(18)22(25)28/h5-8,12-14,17-19H,1-4,9-11H2,(H,24,26)/t12?,13-,14+,17?,18-,19-/m0/s1. The van der Waals surface area contributed by atoms with Gasteiger partial charge in [-0.3, -0.25) is 19.3 Å². The first kappa shape index (κ1) is 17.8. The average molecular weight is 384 g/mol. The summed E-state index contributed by atoms with van der Waals surface area (Å²) in [6.45, 7) is 0. The van der Waals surface area contributed by atoms with Crippen molar-refractivity contribution in [3.8, 4) is 0 Å². The zero-order valence-electron chi connectivity index (χ0n) is 15.8. The van der Waals surface area contributed by atoms with E-state index in [0.29, 0.717) is 43.2 Å². The van der Waals surface area contributed by atoms with Crippen LogP contribution in [0, 0.1) is 35.4 Å². The summed E-state index contributed by atoms with van der Waals surface area (Å²) < 4.78 is 13.0. The van der Waals surface area contributed by atoms with Gasteiger partial charge in [-0.1, -0.05) is 0 Å². The van der Waals surface area contributed by atoms with E-state index in [0.717, 1.165) is 19.3 Å². The lowest BCUT2D eigenvalue weighted by molar-refractivity contribution is -0.144. The van der Waals surface area contributed by atoms with Gasteiger partial charge in [-0.2, -0.15) is 0 Å². The first-order chi connectivity index (χ1) is 13.5. The summed E-state index contributed by atoms with van der Waals surface area (Å²) in [4.78, 5) is 40.0. The van der Waals surface area contributed by atoms with Crippen LogP contribution in [-0.2, 0) is 14.4 Å². The molecule has 1 saturated heterocycles.